The average molecular weight is 458 g/mol. The summed E-state index contributed by atoms with van der Waals surface area (Å²) in [6, 6.07) is 13.8. The number of imidazole rings is 1. The van der Waals surface area contributed by atoms with Crippen LogP contribution in [0.2, 0.25) is 0 Å². The molecule has 0 aliphatic carbocycles. The lowest BCUT2D eigenvalue weighted by molar-refractivity contribution is 0.588. The molecule has 0 radical (unpaired) electrons. The van der Waals surface area contributed by atoms with Gasteiger partial charge < -0.3 is 4.57 Å². The first-order valence-electron chi connectivity index (χ1n) is 8.43. The second kappa shape index (κ2) is 6.72. The second-order valence-electron chi connectivity index (χ2n) is 6.49. The zero-order chi connectivity index (χ0) is 20.1. The molecule has 0 unspecified atom stereocenters. The van der Waals surface area contributed by atoms with E-state index in [-0.39, 0.29) is 21.0 Å². The van der Waals surface area contributed by atoms with Crippen molar-refractivity contribution in [2.45, 2.75) is 16.8 Å². The Bertz CT molecular complexity index is 1350. The lowest BCUT2D eigenvalue weighted by Crippen LogP contribution is -2.25. The molecule has 4 aromatic rings. The molecular formula is C20H16BrN3O3S. The third kappa shape index (κ3) is 2.89. The van der Waals surface area contributed by atoms with Gasteiger partial charge in [-0.05, 0) is 31.2 Å². The van der Waals surface area contributed by atoms with Gasteiger partial charge in [-0.15, -0.1) is 0 Å². The van der Waals surface area contributed by atoms with Crippen molar-refractivity contribution in [3.63, 3.8) is 0 Å². The zero-order valence-electron chi connectivity index (χ0n) is 15.1. The van der Waals surface area contributed by atoms with Gasteiger partial charge in [0.2, 0.25) is 9.84 Å². The maximum absolute atomic E-state index is 13.6. The Morgan fingerprint density at radius 2 is 1.64 bits per heavy atom. The van der Waals surface area contributed by atoms with Crippen LogP contribution in [-0.2, 0) is 16.9 Å². The Kier molecular flexibility index (Phi) is 4.47. The summed E-state index contributed by atoms with van der Waals surface area (Å²) < 4.78 is 30.8. The minimum absolute atomic E-state index is 0.00766. The summed E-state index contributed by atoms with van der Waals surface area (Å²) in [4.78, 5) is 17.0. The number of aromatic nitrogens is 3. The molecule has 0 saturated carbocycles. The Labute approximate surface area is 170 Å². The molecule has 0 bridgehead atoms. The molecule has 28 heavy (non-hydrogen) atoms. The van der Waals surface area contributed by atoms with Gasteiger partial charge in [-0.1, -0.05) is 45.8 Å². The van der Waals surface area contributed by atoms with E-state index in [9.17, 15) is 13.2 Å². The van der Waals surface area contributed by atoms with Crippen molar-refractivity contribution >= 4 is 31.3 Å². The van der Waals surface area contributed by atoms with Crippen LogP contribution in [0.4, 0.5) is 0 Å². The van der Waals surface area contributed by atoms with Crippen molar-refractivity contribution in [2.75, 3.05) is 0 Å². The van der Waals surface area contributed by atoms with E-state index >= 15 is 0 Å². The number of hydrogen-bond donors (Lipinski definition) is 0. The number of fused-ring (bicyclic) bond motifs is 1. The molecule has 0 aliphatic heterocycles. The van der Waals surface area contributed by atoms with Crippen LogP contribution in [-0.4, -0.2) is 22.4 Å². The van der Waals surface area contributed by atoms with E-state index in [1.54, 1.807) is 55.6 Å². The van der Waals surface area contributed by atoms with Gasteiger partial charge >= 0.3 is 0 Å². The van der Waals surface area contributed by atoms with Crippen LogP contribution in [0, 0.1) is 6.92 Å². The lowest BCUT2D eigenvalue weighted by Gasteiger charge is -2.17. The molecule has 0 amide bonds. The van der Waals surface area contributed by atoms with E-state index in [1.165, 1.54) is 21.5 Å². The van der Waals surface area contributed by atoms with Crippen LogP contribution in [0.25, 0.3) is 16.8 Å². The Balaban J connectivity index is 2.15. The molecular weight excluding hydrogens is 442 g/mol. The highest BCUT2D eigenvalue weighted by atomic mass is 79.9. The minimum Gasteiger partial charge on any atom is -0.307 e. The van der Waals surface area contributed by atoms with Crippen molar-refractivity contribution in [2.24, 2.45) is 7.05 Å². The highest BCUT2D eigenvalue weighted by Crippen LogP contribution is 2.31. The molecule has 4 rings (SSSR count). The van der Waals surface area contributed by atoms with E-state index in [2.05, 4.69) is 20.9 Å². The fourth-order valence-electron chi connectivity index (χ4n) is 3.16. The van der Waals surface area contributed by atoms with Crippen LogP contribution in [0.3, 0.4) is 0 Å². The van der Waals surface area contributed by atoms with Crippen LogP contribution >= 0.6 is 15.9 Å². The highest BCUT2D eigenvalue weighted by Gasteiger charge is 2.28. The molecule has 0 N–H and O–H groups in total. The quantitative estimate of drug-likeness (QED) is 0.470. The van der Waals surface area contributed by atoms with Crippen molar-refractivity contribution in [1.82, 2.24) is 14.0 Å². The maximum Gasteiger partial charge on any atom is 0.276 e. The molecule has 0 saturated heterocycles. The van der Waals surface area contributed by atoms with Crippen molar-refractivity contribution in [3.8, 4) is 11.3 Å². The number of benzene rings is 2. The molecule has 2 aromatic carbocycles. The van der Waals surface area contributed by atoms with Crippen LogP contribution in [0.15, 0.2) is 80.2 Å². The molecule has 142 valence electrons. The minimum atomic E-state index is -3.93. The van der Waals surface area contributed by atoms with Crippen molar-refractivity contribution < 1.29 is 8.42 Å². The van der Waals surface area contributed by atoms with Crippen LogP contribution < -0.4 is 5.56 Å². The van der Waals surface area contributed by atoms with Gasteiger partial charge in [0.25, 0.3) is 5.56 Å². The van der Waals surface area contributed by atoms with Crippen molar-refractivity contribution in [1.29, 1.82) is 0 Å². The first kappa shape index (κ1) is 18.6. The standard InChI is InChI=1S/C20H16BrN3O3S/c1-13-3-9-16(10-4-13)28(26,27)20-18(14-5-7-15(21)8-6-14)23(2)19(25)17-11-22-12-24(17)20/h3-12H,1-2H3. The zero-order valence-corrected chi connectivity index (χ0v) is 17.5. The number of hydrogen-bond acceptors (Lipinski definition) is 4. The number of rotatable bonds is 3. The molecule has 6 nitrogen and oxygen atoms in total. The SMILES string of the molecule is Cc1ccc(S(=O)(=O)c2c(-c3ccc(Br)cc3)n(C)c(=O)c3cncn23)cc1. The first-order valence-corrected chi connectivity index (χ1v) is 10.7. The topological polar surface area (TPSA) is 73.4 Å². The highest BCUT2D eigenvalue weighted by molar-refractivity contribution is 9.10. The average Bonchev–Trinajstić information content (AvgIpc) is 3.15. The fraction of sp³-hybridized carbons (Fsp3) is 0.100. The summed E-state index contributed by atoms with van der Waals surface area (Å²) in [5, 5.41) is 0.00766. The Morgan fingerprint density at radius 3 is 2.29 bits per heavy atom. The van der Waals surface area contributed by atoms with Crippen LogP contribution in [0.1, 0.15) is 5.56 Å². The molecule has 2 aromatic heterocycles. The van der Waals surface area contributed by atoms with E-state index in [0.29, 0.717) is 11.3 Å². The molecule has 0 spiro atoms. The van der Waals surface area contributed by atoms with E-state index in [1.807, 2.05) is 6.92 Å². The molecule has 2 heterocycles. The predicted octanol–water partition coefficient (Wildman–Crippen LogP) is 3.60. The fourth-order valence-corrected chi connectivity index (χ4v) is 5.05. The monoisotopic (exact) mass is 457 g/mol. The van der Waals surface area contributed by atoms with Crippen molar-refractivity contribution in [3.05, 3.63) is 81.4 Å². The van der Waals surface area contributed by atoms with Gasteiger partial charge in [0.15, 0.2) is 5.03 Å². The number of nitrogens with zero attached hydrogens (tertiary/aromatic N) is 3. The van der Waals surface area contributed by atoms with Gasteiger partial charge in [-0.2, -0.15) is 0 Å². The smallest absolute Gasteiger partial charge is 0.276 e. The summed E-state index contributed by atoms with van der Waals surface area (Å²) in [7, 11) is -2.36. The maximum atomic E-state index is 13.6. The number of halogens is 1. The Hall–Kier alpha value is -2.71. The number of sulfone groups is 1. The van der Waals surface area contributed by atoms with Gasteiger partial charge in [-0.25, -0.2) is 13.4 Å². The summed E-state index contributed by atoms with van der Waals surface area (Å²) >= 11 is 3.38. The molecule has 0 atom stereocenters. The lowest BCUT2D eigenvalue weighted by atomic mass is 10.1. The predicted molar refractivity (Wildman–Crippen MR) is 110 cm³/mol. The van der Waals surface area contributed by atoms with E-state index in [4.69, 9.17) is 0 Å². The second-order valence-corrected chi connectivity index (χ2v) is 9.27. The normalized spacial score (nSPS) is 11.8. The van der Waals surface area contributed by atoms with Crippen LogP contribution in [0.5, 0.6) is 0 Å². The third-order valence-electron chi connectivity index (χ3n) is 4.62. The number of aryl methyl sites for hydroxylation is 1. The van der Waals surface area contributed by atoms with E-state index in [0.717, 1.165) is 10.0 Å². The molecule has 0 aliphatic rings. The van der Waals surface area contributed by atoms with Gasteiger partial charge in [0, 0.05) is 17.1 Å². The van der Waals surface area contributed by atoms with E-state index < -0.39 is 9.84 Å². The first-order chi connectivity index (χ1) is 13.3. The van der Waals surface area contributed by atoms with Gasteiger partial charge in [-0.3, -0.25) is 9.20 Å². The summed E-state index contributed by atoms with van der Waals surface area (Å²) in [5.41, 5.74) is 1.76. The van der Waals surface area contributed by atoms with Gasteiger partial charge in [0.05, 0.1) is 16.8 Å². The summed E-state index contributed by atoms with van der Waals surface area (Å²) in [6.07, 6.45) is 2.74. The largest absolute Gasteiger partial charge is 0.307 e. The summed E-state index contributed by atoms with van der Waals surface area (Å²) in [5.74, 6) is 0. The Morgan fingerprint density at radius 1 is 1.00 bits per heavy atom. The summed E-state index contributed by atoms with van der Waals surface area (Å²) in [6.45, 7) is 1.89. The molecule has 8 heteroatoms. The van der Waals surface area contributed by atoms with Gasteiger partial charge in [0.1, 0.15) is 11.8 Å². The third-order valence-corrected chi connectivity index (χ3v) is 6.94. The molecule has 0 fully saturated rings.